The molecule has 0 radical (unpaired) electrons. The number of aromatic nitrogens is 2. The standard InChI is InChI=1S/C36H38FN3O6S2/c1-5-6-18-45-26-14-11-23(12-15-26)32(41)30-31(24-13-16-28(29(20-24)44-4)46-19-17-22(2)3)40(34(43)33(30)42)35-38-39-36(48-35)47-21-25-9-7-8-10-27(25)37/h7-16,20,22,31,41H,5-6,17-19,21H2,1-4H3/t31-/m1/s1. The number of unbranched alkanes of at least 4 members (excludes halogenated alkanes) is 1. The molecule has 1 aliphatic heterocycles. The van der Waals surface area contributed by atoms with Gasteiger partial charge in [-0.05, 0) is 72.4 Å². The van der Waals surface area contributed by atoms with Crippen LogP contribution in [-0.4, -0.2) is 47.3 Å². The number of Topliss-reactive ketones (excluding diaryl/α,β-unsaturated/α-hetero) is 1. The molecule has 1 fully saturated rings. The van der Waals surface area contributed by atoms with Gasteiger partial charge in [0.15, 0.2) is 15.8 Å². The van der Waals surface area contributed by atoms with E-state index in [0.717, 1.165) is 30.6 Å². The molecule has 1 N–H and O–H groups in total. The van der Waals surface area contributed by atoms with Crippen molar-refractivity contribution >= 4 is 45.7 Å². The molecular weight excluding hydrogens is 654 g/mol. The number of hydrogen-bond donors (Lipinski definition) is 1. The van der Waals surface area contributed by atoms with Crippen molar-refractivity contribution in [1.82, 2.24) is 10.2 Å². The maximum atomic E-state index is 14.2. The number of thioether (sulfide) groups is 1. The number of benzene rings is 3. The quantitative estimate of drug-likeness (QED) is 0.0329. The second-order valence-electron chi connectivity index (χ2n) is 11.6. The fourth-order valence-electron chi connectivity index (χ4n) is 5.04. The first-order valence-corrected chi connectivity index (χ1v) is 17.6. The smallest absolute Gasteiger partial charge is 0.301 e. The topological polar surface area (TPSA) is 111 Å². The molecule has 9 nitrogen and oxygen atoms in total. The van der Waals surface area contributed by atoms with Crippen LogP contribution in [0.3, 0.4) is 0 Å². The number of ether oxygens (including phenoxy) is 3. The van der Waals surface area contributed by atoms with Gasteiger partial charge in [-0.25, -0.2) is 4.39 Å². The normalized spacial score (nSPS) is 15.7. The third-order valence-electron chi connectivity index (χ3n) is 7.71. The second-order valence-corrected chi connectivity index (χ2v) is 13.7. The van der Waals surface area contributed by atoms with Crippen molar-refractivity contribution in [2.24, 2.45) is 5.92 Å². The molecule has 48 heavy (non-hydrogen) atoms. The highest BCUT2D eigenvalue weighted by atomic mass is 32.2. The lowest BCUT2D eigenvalue weighted by Crippen LogP contribution is -2.29. The maximum Gasteiger partial charge on any atom is 0.301 e. The average Bonchev–Trinajstić information content (AvgIpc) is 3.66. The van der Waals surface area contributed by atoms with Crippen molar-refractivity contribution in [2.45, 2.75) is 56.2 Å². The highest BCUT2D eigenvalue weighted by molar-refractivity contribution is 8.00. The van der Waals surface area contributed by atoms with Crippen molar-refractivity contribution in [1.29, 1.82) is 0 Å². The number of amides is 1. The van der Waals surface area contributed by atoms with E-state index >= 15 is 0 Å². The van der Waals surface area contributed by atoms with Gasteiger partial charge in [0.1, 0.15) is 17.3 Å². The van der Waals surface area contributed by atoms with Crippen LogP contribution in [-0.2, 0) is 15.3 Å². The minimum absolute atomic E-state index is 0.106. The molecule has 1 atom stereocenters. The lowest BCUT2D eigenvalue weighted by molar-refractivity contribution is -0.132. The van der Waals surface area contributed by atoms with Crippen molar-refractivity contribution in [2.75, 3.05) is 25.2 Å². The fraction of sp³-hybridized carbons (Fsp3) is 0.333. The fourth-order valence-corrected chi connectivity index (χ4v) is 6.89. The van der Waals surface area contributed by atoms with Crippen LogP contribution in [0.1, 0.15) is 62.8 Å². The molecule has 1 saturated heterocycles. The molecule has 0 unspecified atom stereocenters. The number of carbonyl (C=O) groups is 2. The number of hydrogen-bond acceptors (Lipinski definition) is 10. The molecule has 3 aromatic carbocycles. The molecule has 1 aliphatic rings. The monoisotopic (exact) mass is 691 g/mol. The zero-order valence-corrected chi connectivity index (χ0v) is 28.9. The average molecular weight is 692 g/mol. The number of rotatable bonds is 15. The Balaban J connectivity index is 1.53. The molecular formula is C36H38FN3O6S2. The van der Waals surface area contributed by atoms with E-state index in [1.54, 1.807) is 60.7 Å². The van der Waals surface area contributed by atoms with Crippen molar-refractivity contribution in [3.8, 4) is 17.2 Å². The molecule has 0 saturated carbocycles. The SMILES string of the molecule is CCCCOc1ccc(C(O)=C2C(=O)C(=O)N(c3nnc(SCc4ccccc4F)s3)[C@@H]2c2ccc(OCCC(C)C)c(OC)c2)cc1. The van der Waals surface area contributed by atoms with Gasteiger partial charge in [-0.1, -0.05) is 74.6 Å². The van der Waals surface area contributed by atoms with Crippen LogP contribution in [0.25, 0.3) is 5.76 Å². The molecule has 5 rings (SSSR count). The van der Waals surface area contributed by atoms with E-state index in [9.17, 15) is 19.1 Å². The van der Waals surface area contributed by atoms with Crippen LogP contribution >= 0.6 is 23.1 Å². The Hall–Kier alpha value is -4.42. The van der Waals surface area contributed by atoms with Gasteiger partial charge < -0.3 is 19.3 Å². The van der Waals surface area contributed by atoms with E-state index in [0.29, 0.717) is 63.2 Å². The van der Waals surface area contributed by atoms with Crippen LogP contribution in [0.4, 0.5) is 9.52 Å². The molecule has 2 heterocycles. The summed E-state index contributed by atoms with van der Waals surface area (Å²) in [7, 11) is 1.51. The summed E-state index contributed by atoms with van der Waals surface area (Å²) in [5, 5.41) is 20.2. The summed E-state index contributed by atoms with van der Waals surface area (Å²) in [6.07, 6.45) is 2.75. The van der Waals surface area contributed by atoms with E-state index in [4.69, 9.17) is 14.2 Å². The largest absolute Gasteiger partial charge is 0.507 e. The Morgan fingerprint density at radius 3 is 2.50 bits per heavy atom. The predicted molar refractivity (Wildman–Crippen MR) is 185 cm³/mol. The van der Waals surface area contributed by atoms with Gasteiger partial charge in [0, 0.05) is 11.3 Å². The van der Waals surface area contributed by atoms with Crippen molar-refractivity contribution < 1.29 is 33.3 Å². The molecule has 1 amide bonds. The number of aliphatic hydroxyl groups is 1. The maximum absolute atomic E-state index is 14.2. The third-order valence-corrected chi connectivity index (χ3v) is 9.81. The summed E-state index contributed by atoms with van der Waals surface area (Å²) in [6, 6.07) is 17.3. The van der Waals surface area contributed by atoms with E-state index in [2.05, 4.69) is 31.0 Å². The van der Waals surface area contributed by atoms with E-state index in [1.807, 2.05) is 0 Å². The van der Waals surface area contributed by atoms with Gasteiger partial charge in [0.25, 0.3) is 5.78 Å². The predicted octanol–water partition coefficient (Wildman–Crippen LogP) is 8.21. The van der Waals surface area contributed by atoms with Crippen LogP contribution in [0.15, 0.2) is 76.6 Å². The summed E-state index contributed by atoms with van der Waals surface area (Å²) < 4.78 is 32.1. The van der Waals surface area contributed by atoms with Crippen LogP contribution in [0.2, 0.25) is 0 Å². The Bertz CT molecular complexity index is 1780. The summed E-state index contributed by atoms with van der Waals surface area (Å²) >= 11 is 2.37. The van der Waals surface area contributed by atoms with Gasteiger partial charge >= 0.3 is 5.91 Å². The van der Waals surface area contributed by atoms with E-state index in [-0.39, 0.29) is 22.3 Å². The van der Waals surface area contributed by atoms with Gasteiger partial charge in [0.2, 0.25) is 5.13 Å². The first-order valence-electron chi connectivity index (χ1n) is 15.8. The summed E-state index contributed by atoms with van der Waals surface area (Å²) in [6.45, 7) is 7.34. The highest BCUT2D eigenvalue weighted by Crippen LogP contribution is 2.45. The number of methoxy groups -OCH3 is 1. The number of anilines is 1. The Morgan fingerprint density at radius 1 is 1.02 bits per heavy atom. The van der Waals surface area contributed by atoms with E-state index in [1.165, 1.54) is 29.8 Å². The molecule has 0 aliphatic carbocycles. The second kappa shape index (κ2) is 16.1. The first kappa shape index (κ1) is 34.9. The molecule has 1 aromatic heterocycles. The zero-order chi connectivity index (χ0) is 34.2. The van der Waals surface area contributed by atoms with Crippen molar-refractivity contribution in [3.63, 3.8) is 0 Å². The number of ketones is 1. The first-order chi connectivity index (χ1) is 23.2. The van der Waals surface area contributed by atoms with Gasteiger partial charge in [0.05, 0.1) is 31.9 Å². The van der Waals surface area contributed by atoms with Gasteiger partial charge in [-0.15, -0.1) is 10.2 Å². The third kappa shape index (κ3) is 7.99. The number of carbonyl (C=O) groups excluding carboxylic acids is 2. The number of aliphatic hydroxyl groups excluding tert-OH is 1. The van der Waals surface area contributed by atoms with E-state index < -0.39 is 17.7 Å². The van der Waals surface area contributed by atoms with Crippen LogP contribution < -0.4 is 19.1 Å². The molecule has 4 aromatic rings. The van der Waals surface area contributed by atoms with Crippen molar-refractivity contribution in [3.05, 3.63) is 94.8 Å². The van der Waals surface area contributed by atoms with Crippen LogP contribution in [0, 0.1) is 11.7 Å². The molecule has 0 bridgehead atoms. The Kier molecular flexibility index (Phi) is 11.7. The molecule has 252 valence electrons. The number of halogens is 1. The number of nitrogens with zero attached hydrogens (tertiary/aromatic N) is 3. The lowest BCUT2D eigenvalue weighted by atomic mass is 9.95. The van der Waals surface area contributed by atoms with Crippen LogP contribution in [0.5, 0.6) is 17.2 Å². The minimum atomic E-state index is -1.05. The lowest BCUT2D eigenvalue weighted by Gasteiger charge is -2.23. The summed E-state index contributed by atoms with van der Waals surface area (Å²) in [5.74, 6) is -0.0852. The highest BCUT2D eigenvalue weighted by Gasteiger charge is 2.48. The minimum Gasteiger partial charge on any atom is -0.507 e. The molecule has 12 heteroatoms. The zero-order valence-electron chi connectivity index (χ0n) is 27.3. The van der Waals surface area contributed by atoms with Gasteiger partial charge in [-0.3, -0.25) is 14.5 Å². The Morgan fingerprint density at radius 2 is 1.79 bits per heavy atom. The summed E-state index contributed by atoms with van der Waals surface area (Å²) in [4.78, 5) is 28.7. The summed E-state index contributed by atoms with van der Waals surface area (Å²) in [5.41, 5.74) is 1.24. The van der Waals surface area contributed by atoms with Gasteiger partial charge in [-0.2, -0.15) is 0 Å². The molecule has 0 spiro atoms. The Labute approximate surface area is 287 Å².